The maximum Gasteiger partial charge on any atom is 0.257 e. The molecule has 1 aromatic carbocycles. The van der Waals surface area contributed by atoms with Gasteiger partial charge in [-0.2, -0.15) is 0 Å². The molecule has 26 heavy (non-hydrogen) atoms. The normalized spacial score (nSPS) is 16.4. The largest absolute Gasteiger partial charge is 0.497 e. The minimum absolute atomic E-state index is 0.0355. The number of rotatable bonds is 7. The van der Waals surface area contributed by atoms with Gasteiger partial charge >= 0.3 is 0 Å². The van der Waals surface area contributed by atoms with Gasteiger partial charge in [0.1, 0.15) is 5.75 Å². The summed E-state index contributed by atoms with van der Waals surface area (Å²) in [6.45, 7) is 1.31. The van der Waals surface area contributed by atoms with E-state index < -0.39 is 11.8 Å². The van der Waals surface area contributed by atoms with Crippen LogP contribution in [0.2, 0.25) is 0 Å². The van der Waals surface area contributed by atoms with Crippen LogP contribution in [0.15, 0.2) is 29.4 Å². The molecule has 1 N–H and O–H groups in total. The number of carbonyl (C=O) groups excluding carboxylic acids is 2. The van der Waals surface area contributed by atoms with Gasteiger partial charge in [-0.25, -0.2) is 4.68 Å². The average Bonchev–Trinajstić information content (AvgIpc) is 3.32. The van der Waals surface area contributed by atoms with E-state index in [1.54, 1.807) is 36.1 Å². The Morgan fingerprint density at radius 1 is 1.38 bits per heavy atom. The molecule has 1 aliphatic heterocycles. The molecular formula is C16H19N5O4S. The molecular weight excluding hydrogens is 358 g/mol. The van der Waals surface area contributed by atoms with Gasteiger partial charge in [-0.15, -0.1) is 5.10 Å². The van der Waals surface area contributed by atoms with Crippen LogP contribution in [0.4, 0.5) is 0 Å². The molecule has 3 rings (SSSR count). The molecule has 0 saturated carbocycles. The first kappa shape index (κ1) is 18.3. The van der Waals surface area contributed by atoms with E-state index in [1.807, 2.05) is 0 Å². The Balaban J connectivity index is 1.49. The summed E-state index contributed by atoms with van der Waals surface area (Å²) < 4.78 is 12.2. The second-order valence-electron chi connectivity index (χ2n) is 5.67. The van der Waals surface area contributed by atoms with Gasteiger partial charge in [0.15, 0.2) is 0 Å². The molecule has 1 unspecified atom stereocenters. The Hall–Kier alpha value is -2.46. The average molecular weight is 377 g/mol. The number of methoxy groups -OCH3 is 1. The minimum Gasteiger partial charge on any atom is -0.497 e. The van der Waals surface area contributed by atoms with E-state index in [1.165, 1.54) is 11.8 Å². The predicted octanol–water partition coefficient (Wildman–Crippen LogP) is 0.909. The molecule has 2 amide bonds. The van der Waals surface area contributed by atoms with Crippen LogP contribution >= 0.6 is 11.8 Å². The van der Waals surface area contributed by atoms with Crippen LogP contribution in [-0.2, 0) is 16.1 Å². The molecule has 10 heteroatoms. The van der Waals surface area contributed by atoms with Crippen LogP contribution in [0.1, 0.15) is 23.2 Å². The SMILES string of the molecule is COc1ccc(C(=O)NC(=O)CSc2nnnn2CC2CCCO2)cc1. The first-order chi connectivity index (χ1) is 12.7. The van der Waals surface area contributed by atoms with Crippen molar-refractivity contribution in [3.05, 3.63) is 29.8 Å². The van der Waals surface area contributed by atoms with Gasteiger partial charge in [0.05, 0.1) is 25.5 Å². The maximum absolute atomic E-state index is 12.1. The molecule has 1 saturated heterocycles. The fourth-order valence-electron chi connectivity index (χ4n) is 2.50. The first-order valence-electron chi connectivity index (χ1n) is 8.14. The third kappa shape index (κ3) is 4.79. The number of aromatic nitrogens is 4. The van der Waals surface area contributed by atoms with Gasteiger partial charge in [0.2, 0.25) is 11.1 Å². The Labute approximate surface area is 154 Å². The number of amides is 2. The molecule has 2 heterocycles. The van der Waals surface area contributed by atoms with Crippen LogP contribution < -0.4 is 10.1 Å². The lowest BCUT2D eigenvalue weighted by Crippen LogP contribution is -2.31. The van der Waals surface area contributed by atoms with Crippen molar-refractivity contribution in [3.8, 4) is 5.75 Å². The summed E-state index contributed by atoms with van der Waals surface area (Å²) >= 11 is 1.18. The molecule has 9 nitrogen and oxygen atoms in total. The highest BCUT2D eigenvalue weighted by atomic mass is 32.2. The second-order valence-corrected chi connectivity index (χ2v) is 6.62. The van der Waals surface area contributed by atoms with Crippen molar-refractivity contribution in [3.63, 3.8) is 0 Å². The highest BCUT2D eigenvalue weighted by molar-refractivity contribution is 7.99. The lowest BCUT2D eigenvalue weighted by Gasteiger charge is -2.10. The Bertz CT molecular complexity index is 758. The van der Waals surface area contributed by atoms with Gasteiger partial charge in [0.25, 0.3) is 5.91 Å². The van der Waals surface area contributed by atoms with Gasteiger partial charge in [-0.3, -0.25) is 14.9 Å². The van der Waals surface area contributed by atoms with E-state index in [-0.39, 0.29) is 11.9 Å². The van der Waals surface area contributed by atoms with Gasteiger partial charge in [-0.05, 0) is 47.5 Å². The number of tetrazole rings is 1. The Morgan fingerprint density at radius 3 is 2.88 bits per heavy atom. The summed E-state index contributed by atoms with van der Waals surface area (Å²) in [6, 6.07) is 6.51. The van der Waals surface area contributed by atoms with Crippen molar-refractivity contribution in [1.29, 1.82) is 0 Å². The van der Waals surface area contributed by atoms with Crippen molar-refractivity contribution >= 4 is 23.6 Å². The number of thioether (sulfide) groups is 1. The number of hydrogen-bond donors (Lipinski definition) is 1. The zero-order valence-electron chi connectivity index (χ0n) is 14.3. The van der Waals surface area contributed by atoms with Crippen LogP contribution in [-0.4, -0.2) is 57.6 Å². The monoisotopic (exact) mass is 377 g/mol. The molecule has 0 aliphatic carbocycles. The summed E-state index contributed by atoms with van der Waals surface area (Å²) in [5, 5.41) is 14.4. The molecule has 0 spiro atoms. The van der Waals surface area contributed by atoms with Crippen molar-refractivity contribution in [2.24, 2.45) is 0 Å². The smallest absolute Gasteiger partial charge is 0.257 e. The molecule has 1 atom stereocenters. The highest BCUT2D eigenvalue weighted by Crippen LogP contribution is 2.18. The first-order valence-corrected chi connectivity index (χ1v) is 9.13. The Kier molecular flexibility index (Phi) is 6.18. The van der Waals surface area contributed by atoms with Crippen molar-refractivity contribution < 1.29 is 19.1 Å². The molecule has 0 bridgehead atoms. The third-order valence-electron chi connectivity index (χ3n) is 3.84. The summed E-state index contributed by atoms with van der Waals surface area (Å²) in [4.78, 5) is 24.1. The van der Waals surface area contributed by atoms with E-state index in [0.29, 0.717) is 23.0 Å². The number of nitrogens with one attached hydrogen (secondary N) is 1. The summed E-state index contributed by atoms with van der Waals surface area (Å²) in [5.41, 5.74) is 0.382. The zero-order valence-corrected chi connectivity index (χ0v) is 15.1. The van der Waals surface area contributed by atoms with Crippen molar-refractivity contribution in [2.75, 3.05) is 19.5 Å². The van der Waals surface area contributed by atoms with Crippen LogP contribution in [0.25, 0.3) is 0 Å². The van der Waals surface area contributed by atoms with E-state index in [2.05, 4.69) is 20.8 Å². The van der Waals surface area contributed by atoms with Gasteiger partial charge < -0.3 is 9.47 Å². The fourth-order valence-corrected chi connectivity index (χ4v) is 3.19. The van der Waals surface area contributed by atoms with Gasteiger partial charge in [0, 0.05) is 12.2 Å². The van der Waals surface area contributed by atoms with Gasteiger partial charge in [-0.1, -0.05) is 11.8 Å². The van der Waals surface area contributed by atoms with E-state index in [4.69, 9.17) is 9.47 Å². The summed E-state index contributed by atoms with van der Waals surface area (Å²) in [5.74, 6) is -0.199. The van der Waals surface area contributed by atoms with Crippen LogP contribution in [0.5, 0.6) is 5.75 Å². The zero-order chi connectivity index (χ0) is 18.4. The minimum atomic E-state index is -0.461. The number of nitrogens with zero attached hydrogens (tertiary/aromatic N) is 4. The van der Waals surface area contributed by atoms with E-state index in [9.17, 15) is 9.59 Å². The number of ether oxygens (including phenoxy) is 2. The maximum atomic E-state index is 12.1. The molecule has 2 aromatic rings. The second kappa shape index (κ2) is 8.77. The van der Waals surface area contributed by atoms with Crippen LogP contribution in [0.3, 0.4) is 0 Å². The molecule has 1 aromatic heterocycles. The highest BCUT2D eigenvalue weighted by Gasteiger charge is 2.19. The van der Waals surface area contributed by atoms with Crippen molar-refractivity contribution in [1.82, 2.24) is 25.5 Å². The topological polar surface area (TPSA) is 108 Å². The number of hydrogen-bond acceptors (Lipinski definition) is 8. The van der Waals surface area contributed by atoms with E-state index in [0.717, 1.165) is 19.4 Å². The van der Waals surface area contributed by atoms with Crippen molar-refractivity contribution in [2.45, 2.75) is 30.6 Å². The molecule has 1 aliphatic rings. The molecule has 138 valence electrons. The standard InChI is InChI=1S/C16H19N5O4S/c1-24-12-6-4-11(5-7-12)15(23)17-14(22)10-26-16-18-19-20-21(16)9-13-3-2-8-25-13/h4-7,13H,2-3,8-10H2,1H3,(H,17,22,23). The lowest BCUT2D eigenvalue weighted by atomic mass is 10.2. The number of benzene rings is 1. The van der Waals surface area contributed by atoms with Crippen LogP contribution in [0, 0.1) is 0 Å². The summed E-state index contributed by atoms with van der Waals surface area (Å²) in [6.07, 6.45) is 2.11. The molecule has 1 fully saturated rings. The number of carbonyl (C=O) groups is 2. The molecule has 0 radical (unpaired) electrons. The predicted molar refractivity (Wildman–Crippen MR) is 93.0 cm³/mol. The lowest BCUT2D eigenvalue weighted by molar-refractivity contribution is -0.117. The Morgan fingerprint density at radius 2 is 2.19 bits per heavy atom. The summed E-state index contributed by atoms with van der Waals surface area (Å²) in [7, 11) is 1.54. The third-order valence-corrected chi connectivity index (χ3v) is 4.79. The fraction of sp³-hybridized carbons (Fsp3) is 0.438. The van der Waals surface area contributed by atoms with E-state index >= 15 is 0 Å². The number of imide groups is 1. The quantitative estimate of drug-likeness (QED) is 0.710.